The number of aliphatic hydroxyl groups is 1. The van der Waals surface area contributed by atoms with Crippen molar-refractivity contribution < 1.29 is 9.90 Å². The van der Waals surface area contributed by atoms with Crippen LogP contribution in [0.1, 0.15) is 27.6 Å². The second-order valence-corrected chi connectivity index (χ2v) is 4.04. The molecule has 86 valence electrons. The molecule has 2 nitrogen and oxygen atoms in total. The second kappa shape index (κ2) is 4.93. The summed E-state index contributed by atoms with van der Waals surface area (Å²) < 4.78 is 0. The van der Waals surface area contributed by atoms with Crippen LogP contribution in [0.3, 0.4) is 0 Å². The van der Waals surface area contributed by atoms with Gasteiger partial charge >= 0.3 is 0 Å². The molecule has 1 N–H and O–H groups in total. The summed E-state index contributed by atoms with van der Waals surface area (Å²) in [6.45, 7) is 1.96. The molecule has 2 rings (SSSR count). The molecule has 0 saturated heterocycles. The van der Waals surface area contributed by atoms with Gasteiger partial charge in [-0.15, -0.1) is 0 Å². The Morgan fingerprint density at radius 1 is 1.00 bits per heavy atom. The lowest BCUT2D eigenvalue weighted by Crippen LogP contribution is -2.12. The first kappa shape index (κ1) is 11.6. The SMILES string of the molecule is Cc1ccc(C(=O)[C@@H](O)c2ccccc2)cc1. The first-order chi connectivity index (χ1) is 8.18. The molecular weight excluding hydrogens is 212 g/mol. The van der Waals surface area contributed by atoms with Crippen molar-refractivity contribution in [2.75, 3.05) is 0 Å². The minimum Gasteiger partial charge on any atom is -0.380 e. The lowest BCUT2D eigenvalue weighted by atomic mass is 9.99. The number of hydrogen-bond acceptors (Lipinski definition) is 2. The first-order valence-corrected chi connectivity index (χ1v) is 5.52. The maximum absolute atomic E-state index is 12.0. The van der Waals surface area contributed by atoms with Gasteiger partial charge in [-0.2, -0.15) is 0 Å². The van der Waals surface area contributed by atoms with E-state index in [-0.39, 0.29) is 5.78 Å². The number of ketones is 1. The number of benzene rings is 2. The van der Waals surface area contributed by atoms with Crippen molar-refractivity contribution in [3.05, 3.63) is 71.3 Å². The van der Waals surface area contributed by atoms with Gasteiger partial charge in [-0.1, -0.05) is 60.2 Å². The molecule has 0 aromatic heterocycles. The minimum atomic E-state index is -1.08. The Labute approximate surface area is 101 Å². The first-order valence-electron chi connectivity index (χ1n) is 5.52. The van der Waals surface area contributed by atoms with Crippen LogP contribution in [0.2, 0.25) is 0 Å². The summed E-state index contributed by atoms with van der Waals surface area (Å²) in [5.74, 6) is -0.267. The molecule has 2 aromatic rings. The Balaban J connectivity index is 2.23. The molecule has 0 unspecified atom stereocenters. The van der Waals surface area contributed by atoms with Gasteiger partial charge in [0.25, 0.3) is 0 Å². The van der Waals surface area contributed by atoms with Crippen LogP contribution in [-0.2, 0) is 0 Å². The zero-order chi connectivity index (χ0) is 12.3. The molecule has 2 heteroatoms. The predicted octanol–water partition coefficient (Wildman–Crippen LogP) is 2.91. The quantitative estimate of drug-likeness (QED) is 0.817. The standard InChI is InChI=1S/C15H14O2/c1-11-7-9-13(10-8-11)15(17)14(16)12-5-3-2-4-6-12/h2-10,14,16H,1H3/t14-/m0/s1. The van der Waals surface area contributed by atoms with Gasteiger partial charge in [0.2, 0.25) is 0 Å². The molecule has 0 saturated carbocycles. The summed E-state index contributed by atoms with van der Waals surface area (Å²) in [6, 6.07) is 16.2. The summed E-state index contributed by atoms with van der Waals surface area (Å²) in [5, 5.41) is 9.96. The number of rotatable bonds is 3. The second-order valence-electron chi connectivity index (χ2n) is 4.04. The van der Waals surface area contributed by atoms with Crippen LogP contribution in [0.4, 0.5) is 0 Å². The Bertz CT molecular complexity index is 500. The monoisotopic (exact) mass is 226 g/mol. The van der Waals surface area contributed by atoms with Crippen LogP contribution in [0.25, 0.3) is 0 Å². The lowest BCUT2D eigenvalue weighted by Gasteiger charge is -2.09. The summed E-state index contributed by atoms with van der Waals surface area (Å²) in [4.78, 5) is 12.0. The maximum Gasteiger partial charge on any atom is 0.195 e. The van der Waals surface area contributed by atoms with Crippen molar-refractivity contribution in [3.63, 3.8) is 0 Å². The molecule has 0 heterocycles. The average Bonchev–Trinajstić information content (AvgIpc) is 2.39. The van der Waals surface area contributed by atoms with Crippen LogP contribution < -0.4 is 0 Å². The molecule has 0 aliphatic carbocycles. The number of carbonyl (C=O) groups is 1. The van der Waals surface area contributed by atoms with E-state index < -0.39 is 6.10 Å². The predicted molar refractivity (Wildman–Crippen MR) is 66.9 cm³/mol. The van der Waals surface area contributed by atoms with Gasteiger partial charge in [0.05, 0.1) is 0 Å². The lowest BCUT2D eigenvalue weighted by molar-refractivity contribution is 0.0747. The van der Waals surface area contributed by atoms with Gasteiger partial charge in [-0.25, -0.2) is 0 Å². The molecule has 0 fully saturated rings. The Hall–Kier alpha value is -1.93. The van der Waals surface area contributed by atoms with Gasteiger partial charge in [0.15, 0.2) is 5.78 Å². The third kappa shape index (κ3) is 2.60. The normalized spacial score (nSPS) is 12.1. The minimum absolute atomic E-state index is 0.267. The molecule has 1 atom stereocenters. The highest BCUT2D eigenvalue weighted by atomic mass is 16.3. The van der Waals surface area contributed by atoms with Gasteiger partial charge in [-0.3, -0.25) is 4.79 Å². The summed E-state index contributed by atoms with van der Waals surface area (Å²) >= 11 is 0. The van der Waals surface area contributed by atoms with E-state index in [1.54, 1.807) is 36.4 Å². The van der Waals surface area contributed by atoms with Gasteiger partial charge in [-0.05, 0) is 12.5 Å². The van der Waals surface area contributed by atoms with Crippen LogP contribution in [0.5, 0.6) is 0 Å². The Kier molecular flexibility index (Phi) is 3.35. The largest absolute Gasteiger partial charge is 0.380 e. The van der Waals surface area contributed by atoms with E-state index in [1.165, 1.54) is 0 Å². The molecule has 0 aliphatic rings. The van der Waals surface area contributed by atoms with Crippen LogP contribution >= 0.6 is 0 Å². The van der Waals surface area contributed by atoms with Crippen molar-refractivity contribution in [1.82, 2.24) is 0 Å². The van der Waals surface area contributed by atoms with Crippen molar-refractivity contribution in [2.24, 2.45) is 0 Å². The van der Waals surface area contributed by atoms with E-state index >= 15 is 0 Å². The molecule has 0 bridgehead atoms. The Morgan fingerprint density at radius 2 is 1.59 bits per heavy atom. The smallest absolute Gasteiger partial charge is 0.195 e. The number of Topliss-reactive ketones (excluding diaryl/α,β-unsaturated/α-hetero) is 1. The highest BCUT2D eigenvalue weighted by Crippen LogP contribution is 2.18. The summed E-state index contributed by atoms with van der Waals surface area (Å²) in [7, 11) is 0. The zero-order valence-corrected chi connectivity index (χ0v) is 9.63. The molecule has 0 aliphatic heterocycles. The topological polar surface area (TPSA) is 37.3 Å². The molecule has 0 radical (unpaired) electrons. The fourth-order valence-corrected chi connectivity index (χ4v) is 1.66. The van der Waals surface area contributed by atoms with E-state index in [9.17, 15) is 9.90 Å². The van der Waals surface area contributed by atoms with E-state index in [2.05, 4.69) is 0 Å². The third-order valence-corrected chi connectivity index (χ3v) is 2.70. The summed E-state index contributed by atoms with van der Waals surface area (Å²) in [6.07, 6.45) is -1.08. The van der Waals surface area contributed by atoms with E-state index in [0.29, 0.717) is 11.1 Å². The van der Waals surface area contributed by atoms with E-state index in [4.69, 9.17) is 0 Å². The maximum atomic E-state index is 12.0. The van der Waals surface area contributed by atoms with Crippen molar-refractivity contribution in [2.45, 2.75) is 13.0 Å². The number of aliphatic hydroxyl groups excluding tert-OH is 1. The molecule has 17 heavy (non-hydrogen) atoms. The van der Waals surface area contributed by atoms with E-state index in [1.807, 2.05) is 25.1 Å². The fraction of sp³-hybridized carbons (Fsp3) is 0.133. The number of carbonyl (C=O) groups excluding carboxylic acids is 1. The molecule has 2 aromatic carbocycles. The van der Waals surface area contributed by atoms with Crippen LogP contribution in [-0.4, -0.2) is 10.9 Å². The van der Waals surface area contributed by atoms with E-state index in [0.717, 1.165) is 5.56 Å². The highest BCUT2D eigenvalue weighted by molar-refractivity contribution is 5.99. The molecule has 0 spiro atoms. The molecule has 0 amide bonds. The van der Waals surface area contributed by atoms with Gasteiger partial charge in [0.1, 0.15) is 6.10 Å². The summed E-state index contributed by atoms with van der Waals surface area (Å²) in [5.41, 5.74) is 2.25. The van der Waals surface area contributed by atoms with Crippen molar-refractivity contribution in [1.29, 1.82) is 0 Å². The van der Waals surface area contributed by atoms with Gasteiger partial charge in [0, 0.05) is 5.56 Å². The highest BCUT2D eigenvalue weighted by Gasteiger charge is 2.18. The van der Waals surface area contributed by atoms with Gasteiger partial charge < -0.3 is 5.11 Å². The Morgan fingerprint density at radius 3 is 2.18 bits per heavy atom. The van der Waals surface area contributed by atoms with Crippen molar-refractivity contribution >= 4 is 5.78 Å². The van der Waals surface area contributed by atoms with Crippen molar-refractivity contribution in [3.8, 4) is 0 Å². The number of aryl methyl sites for hydroxylation is 1. The average molecular weight is 226 g/mol. The third-order valence-electron chi connectivity index (χ3n) is 2.70. The van der Waals surface area contributed by atoms with Crippen LogP contribution in [0, 0.1) is 6.92 Å². The molecular formula is C15H14O2. The number of hydrogen-bond donors (Lipinski definition) is 1. The zero-order valence-electron chi connectivity index (χ0n) is 9.63. The fourth-order valence-electron chi connectivity index (χ4n) is 1.66. The van der Waals surface area contributed by atoms with Crippen LogP contribution in [0.15, 0.2) is 54.6 Å².